The molecule has 2 saturated heterocycles. The molecule has 0 spiro atoms. The van der Waals surface area contributed by atoms with Gasteiger partial charge in [-0.25, -0.2) is 4.98 Å². The molecule has 3 aromatic rings. The minimum atomic E-state index is -0.224. The van der Waals surface area contributed by atoms with E-state index in [0.717, 1.165) is 54.8 Å². The molecule has 32 heavy (non-hydrogen) atoms. The highest BCUT2D eigenvalue weighted by Crippen LogP contribution is 2.44. The van der Waals surface area contributed by atoms with Gasteiger partial charge in [0.15, 0.2) is 5.82 Å². The first-order valence-electron chi connectivity index (χ1n) is 11.3. The van der Waals surface area contributed by atoms with Gasteiger partial charge in [-0.05, 0) is 32.8 Å². The number of aryl methyl sites for hydroxylation is 3. The molecule has 1 aromatic carbocycles. The standard InChI is InChI=1S/C24H30N6O2/c1-16-21(17(2)32-28-16)9-10-22(31)30-13-20-12-29(11-19-7-5-4-6-8-19)14-24(20,15-30)23-25-18(3)26-27-23/h4-8,20H,9-15H2,1-3H3,(H,25,26,27)/t20-,24-/m0/s1. The van der Waals surface area contributed by atoms with Gasteiger partial charge in [0, 0.05) is 50.6 Å². The fraction of sp³-hybridized carbons (Fsp3) is 0.500. The van der Waals surface area contributed by atoms with Crippen molar-refractivity contribution < 1.29 is 9.32 Å². The number of likely N-dealkylation sites (tertiary alicyclic amines) is 2. The molecule has 2 aromatic heterocycles. The Morgan fingerprint density at radius 1 is 1.19 bits per heavy atom. The lowest BCUT2D eigenvalue weighted by Gasteiger charge is -2.27. The lowest BCUT2D eigenvalue weighted by atomic mass is 9.80. The van der Waals surface area contributed by atoms with Crippen molar-refractivity contribution in [2.24, 2.45) is 5.92 Å². The number of rotatable bonds is 6. The second-order valence-corrected chi connectivity index (χ2v) is 9.33. The number of hydrogen-bond donors (Lipinski definition) is 1. The molecule has 8 heteroatoms. The molecule has 5 rings (SSSR count). The Kier molecular flexibility index (Phi) is 5.33. The minimum Gasteiger partial charge on any atom is -0.361 e. The van der Waals surface area contributed by atoms with E-state index in [9.17, 15) is 4.79 Å². The van der Waals surface area contributed by atoms with Crippen LogP contribution in [0.1, 0.15) is 40.7 Å². The number of aromatic amines is 1. The fourth-order valence-corrected chi connectivity index (χ4v) is 5.45. The summed E-state index contributed by atoms with van der Waals surface area (Å²) >= 11 is 0. The van der Waals surface area contributed by atoms with Crippen LogP contribution in [-0.4, -0.2) is 62.2 Å². The first-order chi connectivity index (χ1) is 15.4. The van der Waals surface area contributed by atoms with E-state index in [4.69, 9.17) is 9.51 Å². The first kappa shape index (κ1) is 20.9. The lowest BCUT2D eigenvalue weighted by molar-refractivity contribution is -0.130. The van der Waals surface area contributed by atoms with Gasteiger partial charge in [0.05, 0.1) is 11.1 Å². The summed E-state index contributed by atoms with van der Waals surface area (Å²) in [5.74, 6) is 2.97. The lowest BCUT2D eigenvalue weighted by Crippen LogP contribution is -2.40. The largest absolute Gasteiger partial charge is 0.361 e. The summed E-state index contributed by atoms with van der Waals surface area (Å²) in [6, 6.07) is 10.6. The van der Waals surface area contributed by atoms with Crippen molar-refractivity contribution in [3.63, 3.8) is 0 Å². The predicted octanol–water partition coefficient (Wildman–Crippen LogP) is 2.56. The normalized spacial score (nSPS) is 23.1. The molecule has 8 nitrogen and oxygen atoms in total. The van der Waals surface area contributed by atoms with Crippen LogP contribution in [0.15, 0.2) is 34.9 Å². The van der Waals surface area contributed by atoms with Crippen LogP contribution in [0.5, 0.6) is 0 Å². The van der Waals surface area contributed by atoms with Crippen LogP contribution in [0.25, 0.3) is 0 Å². The fourth-order valence-electron chi connectivity index (χ4n) is 5.45. The topological polar surface area (TPSA) is 91.2 Å². The van der Waals surface area contributed by atoms with Crippen LogP contribution < -0.4 is 0 Å². The van der Waals surface area contributed by atoms with Gasteiger partial charge in [0.2, 0.25) is 5.91 Å². The molecule has 0 saturated carbocycles. The van der Waals surface area contributed by atoms with Crippen LogP contribution >= 0.6 is 0 Å². The summed E-state index contributed by atoms with van der Waals surface area (Å²) in [7, 11) is 0. The quantitative estimate of drug-likeness (QED) is 0.641. The average molecular weight is 435 g/mol. The maximum Gasteiger partial charge on any atom is 0.222 e. The number of fused-ring (bicyclic) bond motifs is 1. The SMILES string of the molecule is Cc1nc([C@]23CN(Cc4ccccc4)C[C@H]2CN(C(=O)CCc2c(C)noc2C)C3)n[nH]1. The Morgan fingerprint density at radius 2 is 2.00 bits per heavy atom. The van der Waals surface area contributed by atoms with Crippen molar-refractivity contribution in [3.8, 4) is 0 Å². The average Bonchev–Trinajstić information content (AvgIpc) is 3.51. The number of amides is 1. The van der Waals surface area contributed by atoms with Crippen molar-refractivity contribution in [2.75, 3.05) is 26.2 Å². The molecule has 0 aliphatic carbocycles. The highest BCUT2D eigenvalue weighted by Gasteiger charge is 2.56. The Morgan fingerprint density at radius 3 is 2.69 bits per heavy atom. The zero-order valence-corrected chi connectivity index (χ0v) is 19.0. The van der Waals surface area contributed by atoms with E-state index in [0.29, 0.717) is 25.3 Å². The predicted molar refractivity (Wildman–Crippen MR) is 119 cm³/mol. The Bertz CT molecular complexity index is 1090. The number of carbonyl (C=O) groups excluding carboxylic acids is 1. The van der Waals surface area contributed by atoms with Crippen molar-refractivity contribution in [1.29, 1.82) is 0 Å². The molecular formula is C24H30N6O2. The van der Waals surface area contributed by atoms with Crippen LogP contribution in [-0.2, 0) is 23.2 Å². The molecule has 2 aliphatic heterocycles. The number of benzene rings is 1. The monoisotopic (exact) mass is 434 g/mol. The molecule has 0 bridgehead atoms. The van der Waals surface area contributed by atoms with Crippen molar-refractivity contribution in [3.05, 3.63) is 64.6 Å². The zero-order chi connectivity index (χ0) is 22.3. The molecule has 2 fully saturated rings. The van der Waals surface area contributed by atoms with Gasteiger partial charge in [-0.3, -0.25) is 14.8 Å². The number of H-pyrrole nitrogens is 1. The summed E-state index contributed by atoms with van der Waals surface area (Å²) < 4.78 is 5.25. The highest BCUT2D eigenvalue weighted by atomic mass is 16.5. The molecule has 1 N–H and O–H groups in total. The van der Waals surface area contributed by atoms with Crippen molar-refractivity contribution >= 4 is 5.91 Å². The van der Waals surface area contributed by atoms with E-state index in [-0.39, 0.29) is 11.3 Å². The maximum absolute atomic E-state index is 13.2. The van der Waals surface area contributed by atoms with E-state index in [2.05, 4.69) is 44.5 Å². The van der Waals surface area contributed by atoms with Crippen molar-refractivity contribution in [1.82, 2.24) is 30.1 Å². The number of nitrogens with one attached hydrogen (secondary N) is 1. The highest BCUT2D eigenvalue weighted by molar-refractivity contribution is 5.77. The van der Waals surface area contributed by atoms with Crippen LogP contribution in [0.2, 0.25) is 0 Å². The maximum atomic E-state index is 13.2. The van der Waals surface area contributed by atoms with Gasteiger partial charge in [-0.1, -0.05) is 35.5 Å². The summed E-state index contributed by atoms with van der Waals surface area (Å²) in [6.45, 7) is 9.89. The summed E-state index contributed by atoms with van der Waals surface area (Å²) in [6.07, 6.45) is 1.13. The smallest absolute Gasteiger partial charge is 0.222 e. The minimum absolute atomic E-state index is 0.181. The second kappa shape index (κ2) is 8.16. The van der Waals surface area contributed by atoms with E-state index < -0.39 is 0 Å². The molecule has 2 atom stereocenters. The Hall–Kier alpha value is -3.00. The molecule has 0 radical (unpaired) electrons. The summed E-state index contributed by atoms with van der Waals surface area (Å²) in [5, 5.41) is 11.6. The van der Waals surface area contributed by atoms with Crippen LogP contribution in [0, 0.1) is 26.7 Å². The summed E-state index contributed by atoms with van der Waals surface area (Å²) in [5.41, 5.74) is 3.00. The van der Waals surface area contributed by atoms with E-state index in [1.807, 2.05) is 31.7 Å². The molecular weight excluding hydrogens is 404 g/mol. The Balaban J connectivity index is 1.32. The van der Waals surface area contributed by atoms with Gasteiger partial charge in [-0.2, -0.15) is 5.10 Å². The first-order valence-corrected chi connectivity index (χ1v) is 11.3. The van der Waals surface area contributed by atoms with Gasteiger partial charge in [0.25, 0.3) is 0 Å². The van der Waals surface area contributed by atoms with E-state index in [1.54, 1.807) is 0 Å². The van der Waals surface area contributed by atoms with E-state index in [1.165, 1.54) is 5.56 Å². The third kappa shape index (κ3) is 3.72. The number of aromatic nitrogens is 4. The number of carbonyl (C=O) groups is 1. The van der Waals surface area contributed by atoms with Gasteiger partial charge in [-0.15, -0.1) is 0 Å². The molecule has 4 heterocycles. The van der Waals surface area contributed by atoms with Gasteiger partial charge >= 0.3 is 0 Å². The molecule has 168 valence electrons. The number of hydrogen-bond acceptors (Lipinski definition) is 6. The molecule has 0 unspecified atom stereocenters. The zero-order valence-electron chi connectivity index (χ0n) is 19.0. The van der Waals surface area contributed by atoms with Gasteiger partial charge in [0.1, 0.15) is 11.6 Å². The van der Waals surface area contributed by atoms with Gasteiger partial charge < -0.3 is 9.42 Å². The summed E-state index contributed by atoms with van der Waals surface area (Å²) in [4.78, 5) is 22.4. The second-order valence-electron chi connectivity index (χ2n) is 9.33. The third-order valence-electron chi connectivity index (χ3n) is 7.09. The Labute approximate surface area is 188 Å². The van der Waals surface area contributed by atoms with E-state index >= 15 is 0 Å². The molecule has 1 amide bonds. The number of nitrogens with zero attached hydrogens (tertiary/aromatic N) is 5. The molecule has 2 aliphatic rings. The van der Waals surface area contributed by atoms with Crippen LogP contribution in [0.3, 0.4) is 0 Å². The van der Waals surface area contributed by atoms with Crippen molar-refractivity contribution in [2.45, 2.75) is 45.6 Å². The third-order valence-corrected chi connectivity index (χ3v) is 7.09. The van der Waals surface area contributed by atoms with Crippen LogP contribution in [0.4, 0.5) is 0 Å².